The fourth-order valence-electron chi connectivity index (χ4n) is 1.45. The second-order valence-corrected chi connectivity index (χ2v) is 3.86. The van der Waals surface area contributed by atoms with E-state index in [0.29, 0.717) is 6.42 Å². The maximum atomic E-state index is 13.2. The Labute approximate surface area is 98.5 Å². The molecule has 1 aromatic carbocycles. The second-order valence-electron chi connectivity index (χ2n) is 3.86. The summed E-state index contributed by atoms with van der Waals surface area (Å²) in [7, 11) is 0. The third-order valence-electron chi connectivity index (χ3n) is 2.37. The maximum Gasteiger partial charge on any atom is 0.224 e. The van der Waals surface area contributed by atoms with Gasteiger partial charge in [0.15, 0.2) is 0 Å². The van der Waals surface area contributed by atoms with Crippen LogP contribution in [0.2, 0.25) is 0 Å². The number of hydrogen-bond acceptors (Lipinski definition) is 2. The largest absolute Gasteiger partial charge is 0.396 e. The molecule has 0 aromatic heterocycles. The van der Waals surface area contributed by atoms with Crippen LogP contribution in [-0.2, 0) is 11.2 Å². The van der Waals surface area contributed by atoms with Crippen molar-refractivity contribution in [2.45, 2.75) is 25.8 Å². The molecule has 0 radical (unpaired) electrons. The molecular weight excluding hydrogens is 228 g/mol. The number of benzene rings is 1. The minimum atomic E-state index is -0.727. The van der Waals surface area contributed by atoms with Crippen molar-refractivity contribution in [1.29, 1.82) is 0 Å². The lowest BCUT2D eigenvalue weighted by Crippen LogP contribution is -2.34. The normalized spacial score (nSPS) is 12.2. The number of aliphatic hydroxyl groups is 1. The standard InChI is InChI=1S/C12H15F2NO2/c1-8(5-6-16)15-12(17)7-9-10(13)3-2-4-11(9)14/h2-4,8,16H,5-7H2,1H3,(H,15,17). The molecule has 1 aromatic rings. The molecule has 1 atom stereocenters. The second kappa shape index (κ2) is 6.30. The zero-order valence-corrected chi connectivity index (χ0v) is 9.54. The van der Waals surface area contributed by atoms with Crippen molar-refractivity contribution in [3.05, 3.63) is 35.4 Å². The van der Waals surface area contributed by atoms with E-state index >= 15 is 0 Å². The van der Waals surface area contributed by atoms with Crippen LogP contribution in [0, 0.1) is 11.6 Å². The first-order valence-electron chi connectivity index (χ1n) is 5.37. The lowest BCUT2D eigenvalue weighted by molar-refractivity contribution is -0.121. The van der Waals surface area contributed by atoms with Crippen molar-refractivity contribution in [1.82, 2.24) is 5.32 Å². The fraction of sp³-hybridized carbons (Fsp3) is 0.417. The van der Waals surface area contributed by atoms with Gasteiger partial charge in [0.25, 0.3) is 0 Å². The zero-order valence-electron chi connectivity index (χ0n) is 9.54. The number of aliphatic hydroxyl groups excluding tert-OH is 1. The van der Waals surface area contributed by atoms with Gasteiger partial charge in [0, 0.05) is 18.2 Å². The third kappa shape index (κ3) is 4.11. The molecule has 0 fully saturated rings. The van der Waals surface area contributed by atoms with E-state index in [1.54, 1.807) is 6.92 Å². The van der Waals surface area contributed by atoms with Crippen LogP contribution in [0.4, 0.5) is 8.78 Å². The van der Waals surface area contributed by atoms with Crippen LogP contribution in [0.3, 0.4) is 0 Å². The number of rotatable bonds is 5. The van der Waals surface area contributed by atoms with E-state index in [9.17, 15) is 13.6 Å². The number of hydrogen-bond donors (Lipinski definition) is 2. The van der Waals surface area contributed by atoms with Gasteiger partial charge in [-0.2, -0.15) is 0 Å². The van der Waals surface area contributed by atoms with E-state index in [1.165, 1.54) is 6.07 Å². The van der Waals surface area contributed by atoms with Gasteiger partial charge >= 0.3 is 0 Å². The summed E-state index contributed by atoms with van der Waals surface area (Å²) in [5.41, 5.74) is -0.235. The maximum absolute atomic E-state index is 13.2. The monoisotopic (exact) mass is 243 g/mol. The Morgan fingerprint density at radius 1 is 1.41 bits per heavy atom. The van der Waals surface area contributed by atoms with Gasteiger partial charge in [0.05, 0.1) is 6.42 Å². The van der Waals surface area contributed by atoms with Gasteiger partial charge in [0.1, 0.15) is 11.6 Å². The van der Waals surface area contributed by atoms with E-state index in [0.717, 1.165) is 12.1 Å². The smallest absolute Gasteiger partial charge is 0.224 e. The van der Waals surface area contributed by atoms with E-state index in [2.05, 4.69) is 5.32 Å². The average Bonchev–Trinajstić information content (AvgIpc) is 2.24. The molecule has 5 heteroatoms. The molecule has 0 aliphatic carbocycles. The van der Waals surface area contributed by atoms with Gasteiger partial charge in [-0.15, -0.1) is 0 Å². The summed E-state index contributed by atoms with van der Waals surface area (Å²) in [6.07, 6.45) is 0.0692. The van der Waals surface area contributed by atoms with Crippen molar-refractivity contribution in [3.63, 3.8) is 0 Å². The van der Waals surface area contributed by atoms with Crippen molar-refractivity contribution in [3.8, 4) is 0 Å². The Bertz CT molecular complexity index is 376. The summed E-state index contributed by atoms with van der Waals surface area (Å²) in [5.74, 6) is -1.92. The molecule has 17 heavy (non-hydrogen) atoms. The van der Waals surface area contributed by atoms with Gasteiger partial charge in [-0.05, 0) is 25.5 Å². The van der Waals surface area contributed by atoms with Crippen LogP contribution in [0.15, 0.2) is 18.2 Å². The Morgan fingerprint density at radius 3 is 2.53 bits per heavy atom. The molecular formula is C12H15F2NO2. The first-order chi connectivity index (χ1) is 8.04. The fourth-order valence-corrected chi connectivity index (χ4v) is 1.45. The molecule has 94 valence electrons. The molecule has 0 saturated carbocycles. The predicted octanol–water partition coefficient (Wildman–Crippen LogP) is 1.39. The quantitative estimate of drug-likeness (QED) is 0.821. The van der Waals surface area contributed by atoms with Crippen molar-refractivity contribution in [2.75, 3.05) is 6.61 Å². The van der Waals surface area contributed by atoms with Gasteiger partial charge in [-0.25, -0.2) is 8.78 Å². The van der Waals surface area contributed by atoms with Crippen molar-refractivity contribution >= 4 is 5.91 Å². The minimum Gasteiger partial charge on any atom is -0.396 e. The zero-order chi connectivity index (χ0) is 12.8. The number of halogens is 2. The molecule has 0 saturated heterocycles. The number of nitrogens with one attached hydrogen (secondary N) is 1. The Kier molecular flexibility index (Phi) is 5.03. The predicted molar refractivity (Wildman–Crippen MR) is 59.4 cm³/mol. The first kappa shape index (κ1) is 13.6. The SMILES string of the molecule is CC(CCO)NC(=O)Cc1c(F)cccc1F. The van der Waals surface area contributed by atoms with E-state index in [1.807, 2.05) is 0 Å². The molecule has 0 spiro atoms. The minimum absolute atomic E-state index is 0.0461. The summed E-state index contributed by atoms with van der Waals surface area (Å²) in [5, 5.41) is 11.2. The highest BCUT2D eigenvalue weighted by Crippen LogP contribution is 2.12. The van der Waals surface area contributed by atoms with E-state index in [-0.39, 0.29) is 24.6 Å². The highest BCUT2D eigenvalue weighted by molar-refractivity contribution is 5.78. The molecule has 1 amide bonds. The molecule has 0 aliphatic heterocycles. The van der Waals surface area contributed by atoms with Crippen LogP contribution in [0.5, 0.6) is 0 Å². The van der Waals surface area contributed by atoms with Crippen LogP contribution in [0.25, 0.3) is 0 Å². The van der Waals surface area contributed by atoms with E-state index in [4.69, 9.17) is 5.11 Å². The highest BCUT2D eigenvalue weighted by Gasteiger charge is 2.14. The Balaban J connectivity index is 2.62. The summed E-state index contributed by atoms with van der Waals surface area (Å²) >= 11 is 0. The van der Waals surface area contributed by atoms with Crippen LogP contribution in [0.1, 0.15) is 18.9 Å². The summed E-state index contributed by atoms with van der Waals surface area (Å²) in [6, 6.07) is 3.26. The van der Waals surface area contributed by atoms with E-state index < -0.39 is 17.5 Å². The number of amides is 1. The molecule has 1 unspecified atom stereocenters. The Morgan fingerprint density at radius 2 is 2.00 bits per heavy atom. The topological polar surface area (TPSA) is 49.3 Å². The molecule has 0 bridgehead atoms. The Hall–Kier alpha value is -1.49. The van der Waals surface area contributed by atoms with Crippen molar-refractivity contribution in [2.24, 2.45) is 0 Å². The lowest BCUT2D eigenvalue weighted by Gasteiger charge is -2.12. The van der Waals surface area contributed by atoms with Gasteiger partial charge in [-0.1, -0.05) is 6.07 Å². The highest BCUT2D eigenvalue weighted by atomic mass is 19.1. The lowest BCUT2D eigenvalue weighted by atomic mass is 10.1. The molecule has 3 nitrogen and oxygen atoms in total. The van der Waals surface area contributed by atoms with Crippen LogP contribution < -0.4 is 5.32 Å². The third-order valence-corrected chi connectivity index (χ3v) is 2.37. The number of carbonyl (C=O) groups excluding carboxylic acids is 1. The van der Waals surface area contributed by atoms with Crippen LogP contribution in [-0.4, -0.2) is 23.7 Å². The summed E-state index contributed by atoms with van der Waals surface area (Å²) in [6.45, 7) is 1.67. The summed E-state index contributed by atoms with van der Waals surface area (Å²) in [4.78, 5) is 11.5. The molecule has 1 rings (SSSR count). The van der Waals surface area contributed by atoms with Gasteiger partial charge < -0.3 is 10.4 Å². The number of carbonyl (C=O) groups is 1. The van der Waals surface area contributed by atoms with Crippen LogP contribution >= 0.6 is 0 Å². The first-order valence-corrected chi connectivity index (χ1v) is 5.37. The van der Waals surface area contributed by atoms with Gasteiger partial charge in [0.2, 0.25) is 5.91 Å². The molecule has 2 N–H and O–H groups in total. The molecule has 0 aliphatic rings. The van der Waals surface area contributed by atoms with Gasteiger partial charge in [-0.3, -0.25) is 4.79 Å². The average molecular weight is 243 g/mol. The van der Waals surface area contributed by atoms with Crippen molar-refractivity contribution < 1.29 is 18.7 Å². The summed E-state index contributed by atoms with van der Waals surface area (Å²) < 4.78 is 26.5. The molecule has 0 heterocycles.